The first-order valence-corrected chi connectivity index (χ1v) is 8.34. The van der Waals surface area contributed by atoms with Gasteiger partial charge < -0.3 is 14.2 Å². The topological polar surface area (TPSA) is 72.8 Å². The number of rotatable bonds is 6. The first-order valence-electron chi connectivity index (χ1n) is 6.73. The van der Waals surface area contributed by atoms with Crippen molar-refractivity contribution in [3.05, 3.63) is 35.4 Å². The highest BCUT2D eigenvalue weighted by Gasteiger charge is 2.49. The smallest absolute Gasteiger partial charge is 0.335 e. The van der Waals surface area contributed by atoms with Gasteiger partial charge in [-0.15, -0.1) is 0 Å². The van der Waals surface area contributed by atoms with Crippen LogP contribution < -0.4 is 0 Å². The summed E-state index contributed by atoms with van der Waals surface area (Å²) in [5.74, 6) is -1.82. The molecule has 2 atom stereocenters. The SMILES string of the molecule is CCOP(=O)(OCC)[C@@H]1Cc2ccccc2[C@@H]1C(=O)O. The van der Waals surface area contributed by atoms with Gasteiger partial charge in [-0.1, -0.05) is 24.3 Å². The van der Waals surface area contributed by atoms with E-state index in [-0.39, 0.29) is 13.2 Å². The molecule has 0 fully saturated rings. The minimum atomic E-state index is -3.44. The normalized spacial score (nSPS) is 21.7. The zero-order chi connectivity index (χ0) is 14.8. The minimum Gasteiger partial charge on any atom is -0.481 e. The molecule has 0 unspecified atom stereocenters. The van der Waals surface area contributed by atoms with E-state index >= 15 is 0 Å². The van der Waals surface area contributed by atoms with Crippen molar-refractivity contribution < 1.29 is 23.5 Å². The lowest BCUT2D eigenvalue weighted by molar-refractivity contribution is -0.138. The summed E-state index contributed by atoms with van der Waals surface area (Å²) in [7, 11) is -3.44. The van der Waals surface area contributed by atoms with E-state index in [2.05, 4.69) is 0 Å². The second-order valence-corrected chi connectivity index (χ2v) is 6.92. The van der Waals surface area contributed by atoms with E-state index in [1.54, 1.807) is 26.0 Å². The van der Waals surface area contributed by atoms with Crippen LogP contribution in [0.2, 0.25) is 0 Å². The molecule has 0 radical (unpaired) electrons. The molecule has 0 amide bonds. The molecule has 5 nitrogen and oxygen atoms in total. The third kappa shape index (κ3) is 2.66. The van der Waals surface area contributed by atoms with E-state index in [1.165, 1.54) is 0 Å². The third-order valence-corrected chi connectivity index (χ3v) is 6.02. The predicted octanol–water partition coefficient (Wildman–Crippen LogP) is 3.05. The quantitative estimate of drug-likeness (QED) is 0.817. The van der Waals surface area contributed by atoms with Crippen molar-refractivity contribution in [1.82, 2.24) is 0 Å². The van der Waals surface area contributed by atoms with Crippen molar-refractivity contribution in [2.45, 2.75) is 31.8 Å². The van der Waals surface area contributed by atoms with Crippen LogP contribution in [0.5, 0.6) is 0 Å². The van der Waals surface area contributed by atoms with Crippen LogP contribution in [0.15, 0.2) is 24.3 Å². The zero-order valence-corrected chi connectivity index (χ0v) is 12.5. The Hall–Kier alpha value is -1.16. The molecule has 6 heteroatoms. The highest BCUT2D eigenvalue weighted by atomic mass is 31.2. The Labute approximate surface area is 118 Å². The predicted molar refractivity (Wildman–Crippen MR) is 75.2 cm³/mol. The summed E-state index contributed by atoms with van der Waals surface area (Å²) >= 11 is 0. The number of aliphatic carboxylic acids is 1. The van der Waals surface area contributed by atoms with Gasteiger partial charge in [0.25, 0.3) is 0 Å². The first kappa shape index (κ1) is 15.2. The molecule has 110 valence electrons. The molecule has 1 N–H and O–H groups in total. The van der Waals surface area contributed by atoms with Crippen molar-refractivity contribution in [1.29, 1.82) is 0 Å². The number of carbonyl (C=O) groups is 1. The van der Waals surface area contributed by atoms with Crippen LogP contribution in [0.25, 0.3) is 0 Å². The van der Waals surface area contributed by atoms with Crippen LogP contribution in [0, 0.1) is 0 Å². The van der Waals surface area contributed by atoms with Crippen molar-refractivity contribution in [3.8, 4) is 0 Å². The van der Waals surface area contributed by atoms with Gasteiger partial charge in [0.05, 0.1) is 24.8 Å². The monoisotopic (exact) mass is 298 g/mol. The molecule has 0 saturated carbocycles. The Balaban J connectivity index is 2.42. The average molecular weight is 298 g/mol. The highest BCUT2D eigenvalue weighted by Crippen LogP contribution is 2.61. The van der Waals surface area contributed by atoms with Crippen LogP contribution in [-0.4, -0.2) is 29.9 Å². The van der Waals surface area contributed by atoms with Gasteiger partial charge in [0, 0.05) is 0 Å². The summed E-state index contributed by atoms with van der Waals surface area (Å²) in [6.07, 6.45) is 0.407. The Kier molecular flexibility index (Phi) is 4.63. The lowest BCUT2D eigenvalue weighted by atomic mass is 10.0. The minimum absolute atomic E-state index is 0.233. The summed E-state index contributed by atoms with van der Waals surface area (Å²) in [6, 6.07) is 7.29. The van der Waals surface area contributed by atoms with Gasteiger partial charge in [-0.25, -0.2) is 0 Å². The van der Waals surface area contributed by atoms with E-state index in [4.69, 9.17) is 9.05 Å². The van der Waals surface area contributed by atoms with Gasteiger partial charge in [0.15, 0.2) is 0 Å². The van der Waals surface area contributed by atoms with E-state index in [9.17, 15) is 14.5 Å². The highest BCUT2D eigenvalue weighted by molar-refractivity contribution is 7.54. The summed E-state index contributed by atoms with van der Waals surface area (Å²) in [5.41, 5.74) is 0.964. The van der Waals surface area contributed by atoms with Crippen LogP contribution in [0.3, 0.4) is 0 Å². The zero-order valence-electron chi connectivity index (χ0n) is 11.6. The fourth-order valence-corrected chi connectivity index (χ4v) is 5.01. The lowest BCUT2D eigenvalue weighted by Gasteiger charge is -2.26. The Morgan fingerprint density at radius 1 is 1.30 bits per heavy atom. The standard InChI is InChI=1S/C14H19O5P/c1-3-18-20(17,19-4-2)12-9-10-7-5-6-8-11(10)13(12)14(15)16/h5-8,12-13H,3-4,9H2,1-2H3,(H,15,16)/t12-,13+/m1/s1. The molecule has 0 aliphatic heterocycles. The van der Waals surface area contributed by atoms with E-state index in [0.29, 0.717) is 12.0 Å². The Bertz CT molecular complexity index is 532. The number of benzene rings is 1. The van der Waals surface area contributed by atoms with Crippen LogP contribution >= 0.6 is 7.60 Å². The molecular weight excluding hydrogens is 279 g/mol. The van der Waals surface area contributed by atoms with Gasteiger partial charge in [0.1, 0.15) is 0 Å². The van der Waals surface area contributed by atoms with Crippen molar-refractivity contribution in [3.63, 3.8) is 0 Å². The molecule has 0 heterocycles. The summed E-state index contributed by atoms with van der Waals surface area (Å²) in [5, 5.41) is 9.50. The maximum absolute atomic E-state index is 12.9. The van der Waals surface area contributed by atoms with Crippen LogP contribution in [-0.2, 0) is 24.8 Å². The van der Waals surface area contributed by atoms with Crippen molar-refractivity contribution >= 4 is 13.6 Å². The molecule has 1 aliphatic carbocycles. The number of fused-ring (bicyclic) bond motifs is 1. The van der Waals surface area contributed by atoms with Gasteiger partial charge in [0.2, 0.25) is 0 Å². The van der Waals surface area contributed by atoms with E-state index in [1.807, 2.05) is 12.1 Å². The second kappa shape index (κ2) is 6.08. The molecule has 1 aliphatic rings. The fraction of sp³-hybridized carbons (Fsp3) is 0.500. The third-order valence-electron chi connectivity index (χ3n) is 3.49. The molecule has 0 aromatic heterocycles. The molecule has 1 aromatic carbocycles. The molecule has 2 rings (SSSR count). The maximum atomic E-state index is 12.9. The maximum Gasteiger partial charge on any atom is 0.335 e. The average Bonchev–Trinajstić information content (AvgIpc) is 2.79. The lowest BCUT2D eigenvalue weighted by Crippen LogP contribution is -2.24. The van der Waals surface area contributed by atoms with Gasteiger partial charge in [-0.3, -0.25) is 9.36 Å². The number of hydrogen-bond acceptors (Lipinski definition) is 4. The van der Waals surface area contributed by atoms with Gasteiger partial charge >= 0.3 is 13.6 Å². The molecule has 0 saturated heterocycles. The Morgan fingerprint density at radius 2 is 1.90 bits per heavy atom. The second-order valence-electron chi connectivity index (χ2n) is 4.66. The van der Waals surface area contributed by atoms with Gasteiger partial charge in [-0.05, 0) is 31.4 Å². The summed E-state index contributed by atoms with van der Waals surface area (Å²) in [6.45, 7) is 3.92. The number of carboxylic acid groups (broad SMARTS) is 1. The Morgan fingerprint density at radius 3 is 2.45 bits per heavy atom. The fourth-order valence-electron chi connectivity index (χ4n) is 2.75. The first-order chi connectivity index (χ1) is 9.53. The van der Waals surface area contributed by atoms with E-state index in [0.717, 1.165) is 5.56 Å². The number of hydrogen-bond donors (Lipinski definition) is 1. The number of carboxylic acids is 1. The molecular formula is C14H19O5P. The molecule has 20 heavy (non-hydrogen) atoms. The van der Waals surface area contributed by atoms with E-state index < -0.39 is 25.1 Å². The van der Waals surface area contributed by atoms with Crippen LogP contribution in [0.1, 0.15) is 30.9 Å². The summed E-state index contributed by atoms with van der Waals surface area (Å²) < 4.78 is 23.6. The van der Waals surface area contributed by atoms with Crippen LogP contribution in [0.4, 0.5) is 0 Å². The summed E-state index contributed by atoms with van der Waals surface area (Å²) in [4.78, 5) is 11.6. The molecule has 1 aromatic rings. The molecule has 0 spiro atoms. The van der Waals surface area contributed by atoms with Gasteiger partial charge in [-0.2, -0.15) is 0 Å². The molecule has 0 bridgehead atoms. The van der Waals surface area contributed by atoms with Crippen molar-refractivity contribution in [2.75, 3.05) is 13.2 Å². The largest absolute Gasteiger partial charge is 0.481 e. The van der Waals surface area contributed by atoms with Crippen molar-refractivity contribution in [2.24, 2.45) is 0 Å².